The Kier molecular flexibility index (Phi) is 43.0. The standard InChI is InChI=1S/C63H105NO13/c1-3-5-7-9-11-13-15-17-19-20-21-22-23-24-25-26-27-28-29-30-31-32-33-35-37-39-41-43-45-47-55(68)64-51(52(67)46-44-42-40-38-36-34-18-16-14-12-10-8-6-4-2)50-74-62-60(73)58(71)61(54(49-66)76-62)77-63-59(72)57(70)56(69)53(48-65)75-63/h5,7,11,13,17,19,21-22,24-25,27-28,30-31,33,35,39,41,51-54,56-63,65-67,69-73H,3-4,6,8-10,12,14-16,18,20,23,26,29,32,34,36-38,40,42-50H2,1-2H3,(H,64,68)/b7-5-,13-11-,19-17-,22-21-,25-24-,28-27-,31-30-,35-33-,41-39-. The van der Waals surface area contributed by atoms with Gasteiger partial charge < -0.3 is 65.1 Å². The van der Waals surface area contributed by atoms with E-state index in [1.807, 2.05) is 0 Å². The number of hydrogen-bond donors (Lipinski definition) is 9. The minimum absolute atomic E-state index is 0.217. The first-order valence-corrected chi connectivity index (χ1v) is 29.6. The van der Waals surface area contributed by atoms with Crippen molar-refractivity contribution in [3.63, 3.8) is 0 Å². The Morgan fingerprint density at radius 2 is 0.883 bits per heavy atom. The van der Waals surface area contributed by atoms with E-state index >= 15 is 0 Å². The van der Waals surface area contributed by atoms with Crippen molar-refractivity contribution in [2.45, 2.75) is 261 Å². The molecule has 0 aromatic heterocycles. The first kappa shape index (κ1) is 69.8. The Labute approximate surface area is 464 Å². The van der Waals surface area contributed by atoms with E-state index in [0.29, 0.717) is 19.3 Å². The van der Waals surface area contributed by atoms with Crippen molar-refractivity contribution < 1.29 is 64.6 Å². The molecule has 14 heteroatoms. The number of amides is 1. The lowest BCUT2D eigenvalue weighted by Crippen LogP contribution is -2.65. The monoisotopic (exact) mass is 1080 g/mol. The molecule has 9 N–H and O–H groups in total. The fourth-order valence-electron chi connectivity index (χ4n) is 9.00. The number of carbonyl (C=O) groups excluding carboxylic acids is 1. The molecule has 2 aliphatic heterocycles. The molecule has 0 bridgehead atoms. The third-order valence-electron chi connectivity index (χ3n) is 13.8. The van der Waals surface area contributed by atoms with Crippen LogP contribution in [0.4, 0.5) is 0 Å². The molecule has 2 fully saturated rings. The second-order valence-electron chi connectivity index (χ2n) is 20.4. The molecule has 2 rings (SSSR count). The highest BCUT2D eigenvalue weighted by Crippen LogP contribution is 2.30. The van der Waals surface area contributed by atoms with Crippen molar-refractivity contribution in [3.8, 4) is 0 Å². The van der Waals surface area contributed by atoms with Crippen LogP contribution in [0, 0.1) is 0 Å². The third-order valence-corrected chi connectivity index (χ3v) is 13.8. The molecule has 2 heterocycles. The van der Waals surface area contributed by atoms with Crippen molar-refractivity contribution in [2.24, 2.45) is 0 Å². The predicted molar refractivity (Wildman–Crippen MR) is 309 cm³/mol. The minimum Gasteiger partial charge on any atom is -0.394 e. The van der Waals surface area contributed by atoms with Gasteiger partial charge in [0.2, 0.25) is 5.91 Å². The first-order valence-electron chi connectivity index (χ1n) is 29.6. The van der Waals surface area contributed by atoms with Crippen molar-refractivity contribution in [1.82, 2.24) is 5.32 Å². The van der Waals surface area contributed by atoms with E-state index in [4.69, 9.17) is 18.9 Å². The van der Waals surface area contributed by atoms with E-state index in [1.54, 1.807) is 0 Å². The average Bonchev–Trinajstić information content (AvgIpc) is 3.43. The van der Waals surface area contributed by atoms with Crippen LogP contribution in [0.1, 0.15) is 187 Å². The molecule has 0 aliphatic carbocycles. The average molecular weight is 1080 g/mol. The van der Waals surface area contributed by atoms with Crippen LogP contribution >= 0.6 is 0 Å². The van der Waals surface area contributed by atoms with Crippen LogP contribution in [0.3, 0.4) is 0 Å². The molecule has 0 aromatic rings. The Morgan fingerprint density at radius 1 is 0.481 bits per heavy atom. The van der Waals surface area contributed by atoms with E-state index in [2.05, 4.69) is 129 Å². The summed E-state index contributed by atoms with van der Waals surface area (Å²) in [6.07, 6.45) is 49.5. The van der Waals surface area contributed by atoms with E-state index in [1.165, 1.54) is 64.2 Å². The van der Waals surface area contributed by atoms with Crippen LogP contribution in [0.15, 0.2) is 109 Å². The number of unbranched alkanes of at least 4 members (excludes halogenated alkanes) is 14. The summed E-state index contributed by atoms with van der Waals surface area (Å²) in [5, 5.41) is 87.1. The molecule has 0 saturated carbocycles. The lowest BCUT2D eigenvalue weighted by atomic mass is 9.97. The molecule has 0 aromatic carbocycles. The second kappa shape index (κ2) is 47.5. The molecule has 2 aliphatic rings. The predicted octanol–water partition coefficient (Wildman–Crippen LogP) is 10.1. The van der Waals surface area contributed by atoms with Crippen molar-refractivity contribution in [3.05, 3.63) is 109 Å². The highest BCUT2D eigenvalue weighted by molar-refractivity contribution is 5.76. The smallest absolute Gasteiger partial charge is 0.220 e. The molecule has 12 atom stereocenters. The normalized spacial score (nSPS) is 25.5. The van der Waals surface area contributed by atoms with E-state index in [-0.39, 0.29) is 18.9 Å². The van der Waals surface area contributed by atoms with Gasteiger partial charge in [-0.3, -0.25) is 4.79 Å². The Hall–Kier alpha value is -3.35. The van der Waals surface area contributed by atoms with Crippen LogP contribution in [0.5, 0.6) is 0 Å². The van der Waals surface area contributed by atoms with E-state index < -0.39 is 86.8 Å². The molecule has 440 valence electrons. The van der Waals surface area contributed by atoms with Crippen molar-refractivity contribution in [1.29, 1.82) is 0 Å². The Balaban J connectivity index is 1.77. The van der Waals surface area contributed by atoms with Crippen molar-refractivity contribution in [2.75, 3.05) is 19.8 Å². The van der Waals surface area contributed by atoms with E-state index in [0.717, 1.165) is 83.5 Å². The van der Waals surface area contributed by atoms with Crippen LogP contribution in [0.2, 0.25) is 0 Å². The summed E-state index contributed by atoms with van der Waals surface area (Å²) in [5.74, 6) is -0.269. The van der Waals surface area contributed by atoms with Crippen LogP contribution in [-0.2, 0) is 23.7 Å². The molecule has 2 saturated heterocycles. The van der Waals surface area contributed by atoms with Crippen molar-refractivity contribution >= 4 is 5.91 Å². The number of rotatable bonds is 45. The van der Waals surface area contributed by atoms with Gasteiger partial charge in [-0.05, 0) is 77.0 Å². The van der Waals surface area contributed by atoms with Gasteiger partial charge in [0, 0.05) is 6.42 Å². The molecular formula is C63H105NO13. The minimum atomic E-state index is -1.79. The maximum Gasteiger partial charge on any atom is 0.220 e. The van der Waals surface area contributed by atoms with Crippen LogP contribution < -0.4 is 5.32 Å². The van der Waals surface area contributed by atoms with Gasteiger partial charge in [-0.15, -0.1) is 0 Å². The van der Waals surface area contributed by atoms with Gasteiger partial charge in [0.1, 0.15) is 48.8 Å². The quantitative estimate of drug-likeness (QED) is 0.0205. The fraction of sp³-hybridized carbons (Fsp3) is 0.698. The highest BCUT2D eigenvalue weighted by atomic mass is 16.7. The number of carbonyl (C=O) groups is 1. The molecule has 12 unspecified atom stereocenters. The topological polar surface area (TPSA) is 228 Å². The summed E-state index contributed by atoms with van der Waals surface area (Å²) in [6.45, 7) is 2.69. The second-order valence-corrected chi connectivity index (χ2v) is 20.4. The lowest BCUT2D eigenvalue weighted by molar-refractivity contribution is -0.359. The summed E-state index contributed by atoms with van der Waals surface area (Å²) < 4.78 is 22.8. The van der Waals surface area contributed by atoms with Crippen LogP contribution in [0.25, 0.3) is 0 Å². The lowest BCUT2D eigenvalue weighted by Gasteiger charge is -2.46. The zero-order valence-corrected chi connectivity index (χ0v) is 47.2. The first-order chi connectivity index (χ1) is 37.6. The Bertz CT molecular complexity index is 1700. The molecule has 0 radical (unpaired) electrons. The molecule has 1 amide bonds. The largest absolute Gasteiger partial charge is 0.394 e. The van der Waals surface area contributed by atoms with Gasteiger partial charge in [-0.25, -0.2) is 0 Å². The molecule has 0 spiro atoms. The number of hydrogen-bond acceptors (Lipinski definition) is 13. The number of ether oxygens (including phenoxy) is 4. The fourth-order valence-corrected chi connectivity index (χ4v) is 9.00. The molecular weight excluding hydrogens is 979 g/mol. The Morgan fingerprint density at radius 3 is 1.32 bits per heavy atom. The third kappa shape index (κ3) is 33.1. The maximum atomic E-state index is 13.2. The molecule has 14 nitrogen and oxygen atoms in total. The SMILES string of the molecule is CC/C=C\C/C=C\C/C=C\C/C=C\C/C=C\C/C=C\C/C=C\C/C=C\C/C=C\CCCC(=O)NC(COC1OC(CO)C(OC2OC(CO)C(O)C(O)C2O)C(O)C1O)C(O)CCCCCCCCCCCCCCCC. The zero-order chi connectivity index (χ0) is 56.0. The van der Waals surface area contributed by atoms with Crippen LogP contribution in [-0.4, -0.2) is 140 Å². The number of aliphatic hydroxyl groups is 8. The summed E-state index contributed by atoms with van der Waals surface area (Å²) in [5.41, 5.74) is 0. The molecule has 77 heavy (non-hydrogen) atoms. The summed E-state index contributed by atoms with van der Waals surface area (Å²) in [4.78, 5) is 13.2. The number of allylic oxidation sites excluding steroid dienone is 18. The number of aliphatic hydroxyl groups excluding tert-OH is 8. The van der Waals surface area contributed by atoms with Gasteiger partial charge >= 0.3 is 0 Å². The number of nitrogens with one attached hydrogen (secondary N) is 1. The van der Waals surface area contributed by atoms with Gasteiger partial charge in [-0.1, -0.05) is 213 Å². The van der Waals surface area contributed by atoms with E-state index in [9.17, 15) is 45.6 Å². The van der Waals surface area contributed by atoms with Gasteiger partial charge in [0.05, 0.1) is 32.0 Å². The summed E-state index contributed by atoms with van der Waals surface area (Å²) in [6, 6.07) is -0.867. The maximum absolute atomic E-state index is 13.2. The zero-order valence-electron chi connectivity index (χ0n) is 47.2. The summed E-state index contributed by atoms with van der Waals surface area (Å²) in [7, 11) is 0. The summed E-state index contributed by atoms with van der Waals surface area (Å²) >= 11 is 0. The highest BCUT2D eigenvalue weighted by Gasteiger charge is 2.51. The van der Waals surface area contributed by atoms with Gasteiger partial charge in [-0.2, -0.15) is 0 Å². The van der Waals surface area contributed by atoms with Gasteiger partial charge in [0.15, 0.2) is 12.6 Å². The van der Waals surface area contributed by atoms with Gasteiger partial charge in [0.25, 0.3) is 0 Å².